The van der Waals surface area contributed by atoms with E-state index >= 15 is 0 Å². The highest BCUT2D eigenvalue weighted by Crippen LogP contribution is 2.26. The van der Waals surface area contributed by atoms with Crippen LogP contribution < -0.4 is 10.6 Å². The van der Waals surface area contributed by atoms with Crippen LogP contribution in [0.25, 0.3) is 10.9 Å². The molecule has 0 spiro atoms. The lowest BCUT2D eigenvalue weighted by Crippen LogP contribution is -2.33. The quantitative estimate of drug-likeness (QED) is 0.631. The summed E-state index contributed by atoms with van der Waals surface area (Å²) < 4.78 is 0. The lowest BCUT2D eigenvalue weighted by molar-refractivity contribution is -0.115. The number of H-pyrrole nitrogens is 1. The van der Waals surface area contributed by atoms with Crippen LogP contribution in [0.1, 0.15) is 43.9 Å². The van der Waals surface area contributed by atoms with Crippen molar-refractivity contribution in [1.29, 1.82) is 0 Å². The van der Waals surface area contributed by atoms with Crippen LogP contribution in [-0.4, -0.2) is 23.3 Å². The Balaban J connectivity index is 1.71. The lowest BCUT2D eigenvalue weighted by Gasteiger charge is -2.13. The molecule has 0 aliphatic heterocycles. The number of nitrogens with one attached hydrogen (secondary N) is 3. The van der Waals surface area contributed by atoms with Crippen LogP contribution in [0.4, 0.5) is 5.69 Å². The summed E-state index contributed by atoms with van der Waals surface area (Å²) in [6.45, 7) is 12.0. The van der Waals surface area contributed by atoms with Crippen LogP contribution in [0.2, 0.25) is 0 Å². The zero-order valence-electron chi connectivity index (χ0n) is 17.3. The van der Waals surface area contributed by atoms with Gasteiger partial charge in [0, 0.05) is 16.6 Å². The average molecular weight is 377 g/mol. The third kappa shape index (κ3) is 3.79. The molecule has 28 heavy (non-hydrogen) atoms. The fourth-order valence-corrected chi connectivity index (χ4v) is 3.71. The molecule has 1 heterocycles. The molecule has 0 atom stereocenters. The summed E-state index contributed by atoms with van der Waals surface area (Å²) in [7, 11) is 0. The largest absolute Gasteiger partial charge is 0.350 e. The number of rotatable bonds is 4. The smallest absolute Gasteiger partial charge is 0.268 e. The standard InChI is InChI=1S/C23H27N3O2/c1-12-7-15(4)21(16(5)8-12)26-20(27)11-24-23(28)19-10-18-14(3)9-13(2)17(6)22(18)25-19/h7-10,25H,11H2,1-6H3,(H,24,28)(H,26,27). The van der Waals surface area contributed by atoms with E-state index in [1.165, 1.54) is 5.56 Å². The average Bonchev–Trinajstić information content (AvgIpc) is 3.07. The van der Waals surface area contributed by atoms with Crippen LogP contribution in [0.3, 0.4) is 0 Å². The van der Waals surface area contributed by atoms with Gasteiger partial charge in [-0.2, -0.15) is 0 Å². The van der Waals surface area contributed by atoms with Crippen LogP contribution >= 0.6 is 0 Å². The second-order valence-corrected chi connectivity index (χ2v) is 7.61. The predicted octanol–water partition coefficient (Wildman–Crippen LogP) is 4.39. The molecule has 0 unspecified atom stereocenters. The summed E-state index contributed by atoms with van der Waals surface area (Å²) in [6.07, 6.45) is 0. The topological polar surface area (TPSA) is 74.0 Å². The number of hydrogen-bond donors (Lipinski definition) is 3. The molecule has 1 aromatic heterocycles. The second-order valence-electron chi connectivity index (χ2n) is 7.61. The highest BCUT2D eigenvalue weighted by molar-refractivity contribution is 6.02. The van der Waals surface area contributed by atoms with Crippen LogP contribution in [-0.2, 0) is 4.79 Å². The van der Waals surface area contributed by atoms with Gasteiger partial charge in [-0.1, -0.05) is 23.8 Å². The highest BCUT2D eigenvalue weighted by atomic mass is 16.2. The minimum absolute atomic E-state index is 0.0854. The maximum absolute atomic E-state index is 12.5. The molecule has 3 aromatic rings. The molecule has 3 N–H and O–H groups in total. The molecule has 5 heteroatoms. The van der Waals surface area contributed by atoms with Gasteiger partial charge >= 0.3 is 0 Å². The van der Waals surface area contributed by atoms with Gasteiger partial charge in [-0.3, -0.25) is 9.59 Å². The van der Waals surface area contributed by atoms with E-state index in [1.807, 2.05) is 52.8 Å². The summed E-state index contributed by atoms with van der Waals surface area (Å²) >= 11 is 0. The molecule has 146 valence electrons. The minimum atomic E-state index is -0.292. The SMILES string of the molecule is Cc1cc(C)c(NC(=O)CNC(=O)c2cc3c(C)cc(C)c(C)c3[nH]2)c(C)c1. The fourth-order valence-electron chi connectivity index (χ4n) is 3.71. The van der Waals surface area contributed by atoms with Crippen molar-refractivity contribution in [2.24, 2.45) is 0 Å². The Hall–Kier alpha value is -3.08. The fraction of sp³-hybridized carbons (Fsp3) is 0.304. The van der Waals surface area contributed by atoms with Gasteiger partial charge in [-0.05, 0) is 75.4 Å². The van der Waals surface area contributed by atoms with E-state index in [2.05, 4.69) is 28.6 Å². The van der Waals surface area contributed by atoms with Crippen molar-refractivity contribution >= 4 is 28.4 Å². The molecule has 0 bridgehead atoms. The van der Waals surface area contributed by atoms with Gasteiger partial charge in [-0.25, -0.2) is 0 Å². The minimum Gasteiger partial charge on any atom is -0.350 e. The number of aryl methyl sites for hydroxylation is 6. The molecular formula is C23H27N3O2. The zero-order chi connectivity index (χ0) is 20.6. The number of anilines is 1. The lowest BCUT2D eigenvalue weighted by atomic mass is 10.0. The molecule has 0 saturated heterocycles. The maximum Gasteiger partial charge on any atom is 0.268 e. The Morgan fingerprint density at radius 1 is 0.857 bits per heavy atom. The summed E-state index contributed by atoms with van der Waals surface area (Å²) in [6, 6.07) is 8.02. The highest BCUT2D eigenvalue weighted by Gasteiger charge is 2.15. The van der Waals surface area contributed by atoms with Gasteiger partial charge < -0.3 is 15.6 Å². The van der Waals surface area contributed by atoms with E-state index in [-0.39, 0.29) is 18.4 Å². The van der Waals surface area contributed by atoms with Crippen molar-refractivity contribution in [3.05, 3.63) is 63.3 Å². The molecule has 0 fully saturated rings. The van der Waals surface area contributed by atoms with Crippen molar-refractivity contribution in [3.8, 4) is 0 Å². The van der Waals surface area contributed by atoms with Crippen LogP contribution in [0.5, 0.6) is 0 Å². The Morgan fingerprint density at radius 3 is 2.14 bits per heavy atom. The van der Waals surface area contributed by atoms with Crippen molar-refractivity contribution < 1.29 is 9.59 Å². The second kappa shape index (κ2) is 7.50. The number of amides is 2. The maximum atomic E-state index is 12.5. The summed E-state index contributed by atoms with van der Waals surface area (Å²) in [5.74, 6) is -0.539. The first-order chi connectivity index (χ1) is 13.2. The first kappa shape index (κ1) is 19.7. The summed E-state index contributed by atoms with van der Waals surface area (Å²) in [5.41, 5.74) is 8.84. The van der Waals surface area contributed by atoms with E-state index in [9.17, 15) is 9.59 Å². The number of carbonyl (C=O) groups excluding carboxylic acids is 2. The van der Waals surface area contributed by atoms with Gasteiger partial charge in [-0.15, -0.1) is 0 Å². The first-order valence-electron chi connectivity index (χ1n) is 9.42. The Labute approximate surface area is 165 Å². The van der Waals surface area contributed by atoms with Crippen LogP contribution in [0, 0.1) is 41.5 Å². The number of hydrogen-bond acceptors (Lipinski definition) is 2. The number of benzene rings is 2. The number of aromatic nitrogens is 1. The van der Waals surface area contributed by atoms with E-state index in [0.29, 0.717) is 5.69 Å². The number of carbonyl (C=O) groups is 2. The molecule has 3 rings (SSSR count). The molecule has 0 aliphatic rings. The van der Waals surface area contributed by atoms with Gasteiger partial charge in [0.1, 0.15) is 5.69 Å². The third-order valence-corrected chi connectivity index (χ3v) is 5.24. The van der Waals surface area contributed by atoms with Crippen molar-refractivity contribution in [2.45, 2.75) is 41.5 Å². The Morgan fingerprint density at radius 2 is 1.50 bits per heavy atom. The summed E-state index contributed by atoms with van der Waals surface area (Å²) in [4.78, 5) is 28.1. The van der Waals surface area contributed by atoms with Crippen molar-refractivity contribution in [3.63, 3.8) is 0 Å². The van der Waals surface area contributed by atoms with Crippen LogP contribution in [0.15, 0.2) is 24.3 Å². The predicted molar refractivity (Wildman–Crippen MR) is 114 cm³/mol. The first-order valence-corrected chi connectivity index (χ1v) is 9.42. The zero-order valence-corrected chi connectivity index (χ0v) is 17.3. The molecule has 0 radical (unpaired) electrons. The Kier molecular flexibility index (Phi) is 5.27. The molecule has 0 aliphatic carbocycles. The van der Waals surface area contributed by atoms with E-state index < -0.39 is 0 Å². The van der Waals surface area contributed by atoms with E-state index in [0.717, 1.165) is 44.4 Å². The van der Waals surface area contributed by atoms with Gasteiger partial charge in [0.25, 0.3) is 5.91 Å². The normalized spacial score (nSPS) is 10.9. The summed E-state index contributed by atoms with van der Waals surface area (Å²) in [5, 5.41) is 6.63. The monoisotopic (exact) mass is 377 g/mol. The Bertz CT molecular complexity index is 1070. The van der Waals surface area contributed by atoms with E-state index in [1.54, 1.807) is 0 Å². The number of fused-ring (bicyclic) bond motifs is 1. The van der Waals surface area contributed by atoms with Gasteiger partial charge in [0.2, 0.25) is 5.91 Å². The molecule has 0 saturated carbocycles. The van der Waals surface area contributed by atoms with E-state index in [4.69, 9.17) is 0 Å². The molecular weight excluding hydrogens is 350 g/mol. The third-order valence-electron chi connectivity index (χ3n) is 5.24. The molecule has 2 amide bonds. The van der Waals surface area contributed by atoms with Crippen molar-refractivity contribution in [1.82, 2.24) is 10.3 Å². The molecule has 5 nitrogen and oxygen atoms in total. The van der Waals surface area contributed by atoms with Crippen molar-refractivity contribution in [2.75, 3.05) is 11.9 Å². The van der Waals surface area contributed by atoms with Gasteiger partial charge in [0.05, 0.1) is 6.54 Å². The van der Waals surface area contributed by atoms with Gasteiger partial charge in [0.15, 0.2) is 0 Å². The molecule has 2 aromatic carbocycles. The number of aromatic amines is 1.